The summed E-state index contributed by atoms with van der Waals surface area (Å²) < 4.78 is 16.1. The van der Waals surface area contributed by atoms with Crippen molar-refractivity contribution >= 4 is 70.5 Å². The van der Waals surface area contributed by atoms with Gasteiger partial charge in [0.05, 0.1) is 39.1 Å². The average Bonchev–Trinajstić information content (AvgIpc) is 3.28. The molecule has 63 heavy (non-hydrogen) atoms. The van der Waals surface area contributed by atoms with Crippen molar-refractivity contribution in [3.05, 3.63) is 17.5 Å². The zero-order valence-electron chi connectivity index (χ0n) is 39.2. The van der Waals surface area contributed by atoms with Gasteiger partial charge in [0.15, 0.2) is 17.5 Å². The number of carbonyl (C=O) groups is 6. The lowest BCUT2D eigenvalue weighted by atomic mass is 10.1. The molecule has 1 heterocycles. The molecule has 15 heteroatoms. The molecule has 12 nitrogen and oxygen atoms in total. The highest BCUT2D eigenvalue weighted by atomic mass is 32.2. The zero-order chi connectivity index (χ0) is 46.0. The van der Waals surface area contributed by atoms with Crippen molar-refractivity contribution in [1.82, 2.24) is 15.0 Å². The fourth-order valence-corrected chi connectivity index (χ4v) is 8.84. The summed E-state index contributed by atoms with van der Waals surface area (Å²) in [5, 5.41) is 0. The lowest BCUT2D eigenvalue weighted by Crippen LogP contribution is -2.19. The van der Waals surface area contributed by atoms with Crippen LogP contribution in [-0.2, 0) is 28.6 Å². The summed E-state index contributed by atoms with van der Waals surface area (Å²) in [6.07, 6.45) is 25.0. The number of aromatic nitrogens is 3. The van der Waals surface area contributed by atoms with Crippen LogP contribution in [0, 0.1) is 0 Å². The van der Waals surface area contributed by atoms with Crippen LogP contribution < -0.4 is 0 Å². The van der Waals surface area contributed by atoms with Gasteiger partial charge < -0.3 is 14.2 Å². The maximum absolute atomic E-state index is 13.3. The second-order valence-corrected chi connectivity index (χ2v) is 19.6. The Morgan fingerprint density at radius 3 is 0.810 bits per heavy atom. The second kappa shape index (κ2) is 42.1. The minimum absolute atomic E-state index is 0.0544. The minimum atomic E-state index is -0.428. The Kier molecular flexibility index (Phi) is 39.1. The molecule has 0 N–H and O–H groups in total. The van der Waals surface area contributed by atoms with E-state index in [1.165, 1.54) is 112 Å². The fourth-order valence-electron chi connectivity index (χ4n) is 6.30. The number of rotatable bonds is 45. The van der Waals surface area contributed by atoms with Gasteiger partial charge in [-0.05, 0) is 19.3 Å². The summed E-state index contributed by atoms with van der Waals surface area (Å²) in [6.45, 7) is 7.87. The molecule has 0 aliphatic carbocycles. The molecule has 1 rings (SSSR count). The van der Waals surface area contributed by atoms with E-state index < -0.39 is 17.3 Å². The highest BCUT2D eigenvalue weighted by Crippen LogP contribution is 2.15. The lowest BCUT2D eigenvalue weighted by Gasteiger charge is -2.07. The SMILES string of the molecule is CCCCCCCCCOC(=O)CCSCCC(=O)c1nc(C(=O)CCSCCC(=O)OCCCCCCCCC)nc(C(=O)CCSCCC(=O)OCCCCCCCCC)n1. The maximum Gasteiger partial charge on any atom is 0.306 e. The number of ether oxygens (including phenoxy) is 3. The van der Waals surface area contributed by atoms with Gasteiger partial charge >= 0.3 is 17.9 Å². The van der Waals surface area contributed by atoms with Crippen molar-refractivity contribution in [3.8, 4) is 0 Å². The van der Waals surface area contributed by atoms with Gasteiger partial charge in [0.2, 0.25) is 17.3 Å². The predicted octanol–water partition coefficient (Wildman–Crippen LogP) is 11.8. The van der Waals surface area contributed by atoms with Crippen LogP contribution in [0.5, 0.6) is 0 Å². The topological polar surface area (TPSA) is 169 Å². The van der Waals surface area contributed by atoms with Gasteiger partial charge in [0, 0.05) is 53.8 Å². The molecule has 0 atom stereocenters. The number of thioether (sulfide) groups is 3. The van der Waals surface area contributed by atoms with Crippen molar-refractivity contribution in [3.63, 3.8) is 0 Å². The first kappa shape index (κ1) is 58.5. The van der Waals surface area contributed by atoms with Crippen molar-refractivity contribution in [1.29, 1.82) is 0 Å². The van der Waals surface area contributed by atoms with Gasteiger partial charge in [-0.2, -0.15) is 35.3 Å². The fraction of sp³-hybridized carbons (Fsp3) is 0.812. The van der Waals surface area contributed by atoms with E-state index in [0.717, 1.165) is 57.8 Å². The smallest absolute Gasteiger partial charge is 0.306 e. The largest absolute Gasteiger partial charge is 0.466 e. The summed E-state index contributed by atoms with van der Waals surface area (Å²) >= 11 is 4.31. The first-order valence-corrected chi connectivity index (χ1v) is 27.7. The summed E-state index contributed by atoms with van der Waals surface area (Å²) in [7, 11) is 0. The van der Waals surface area contributed by atoms with Gasteiger partial charge in [-0.3, -0.25) is 28.8 Å². The number of hydrogen-bond donors (Lipinski definition) is 0. The molecule has 1 aromatic rings. The molecule has 360 valence electrons. The number of hydrogen-bond acceptors (Lipinski definition) is 15. The summed E-state index contributed by atoms with van der Waals surface area (Å²) in [4.78, 5) is 88.8. The number of Topliss-reactive ketones (excluding diaryl/α,β-unsaturated/α-hetero) is 3. The number of nitrogens with zero attached hydrogens (tertiary/aromatic N) is 3. The third-order valence-electron chi connectivity index (χ3n) is 10.2. The molecule has 0 saturated carbocycles. The Labute approximate surface area is 392 Å². The maximum atomic E-state index is 13.3. The molecule has 0 radical (unpaired) electrons. The number of esters is 3. The van der Waals surface area contributed by atoms with Crippen molar-refractivity contribution < 1.29 is 43.0 Å². The van der Waals surface area contributed by atoms with Crippen LogP contribution in [0.4, 0.5) is 0 Å². The molecule has 0 amide bonds. The van der Waals surface area contributed by atoms with E-state index in [0.29, 0.717) is 54.3 Å². The minimum Gasteiger partial charge on any atom is -0.466 e. The Hall–Kier alpha value is -2.52. The van der Waals surface area contributed by atoms with Gasteiger partial charge in [0.1, 0.15) is 0 Å². The van der Waals surface area contributed by atoms with E-state index in [4.69, 9.17) is 14.2 Å². The molecule has 0 aliphatic heterocycles. The van der Waals surface area contributed by atoms with Gasteiger partial charge in [0.25, 0.3) is 0 Å². The summed E-state index contributed by atoms with van der Waals surface area (Å²) in [5.41, 5.74) is 0. The van der Waals surface area contributed by atoms with E-state index in [1.807, 2.05) is 0 Å². The number of carbonyl (C=O) groups excluding carboxylic acids is 6. The quantitative estimate of drug-likeness (QED) is 0.0262. The van der Waals surface area contributed by atoms with Crippen LogP contribution in [-0.4, -0.2) is 105 Å². The van der Waals surface area contributed by atoms with E-state index in [9.17, 15) is 28.8 Å². The molecule has 0 aliphatic rings. The highest BCUT2D eigenvalue weighted by Gasteiger charge is 2.21. The van der Waals surface area contributed by atoms with E-state index in [1.54, 1.807) is 0 Å². The lowest BCUT2D eigenvalue weighted by molar-refractivity contribution is -0.144. The molecule has 0 fully saturated rings. The van der Waals surface area contributed by atoms with Crippen LogP contribution in [0.1, 0.15) is 226 Å². The van der Waals surface area contributed by atoms with Crippen molar-refractivity contribution in [2.45, 2.75) is 194 Å². The van der Waals surface area contributed by atoms with Crippen molar-refractivity contribution in [2.75, 3.05) is 54.3 Å². The molecular formula is C48H81N3O9S3. The summed E-state index contributed by atoms with van der Waals surface area (Å²) in [5.74, 6) is -0.0562. The third kappa shape index (κ3) is 34.5. The van der Waals surface area contributed by atoms with E-state index in [2.05, 4.69) is 35.7 Å². The summed E-state index contributed by atoms with van der Waals surface area (Å²) in [6, 6.07) is 0. The molecule has 0 saturated heterocycles. The number of ketones is 3. The third-order valence-corrected chi connectivity index (χ3v) is 13.1. The Balaban J connectivity index is 2.61. The molecule has 1 aromatic heterocycles. The Morgan fingerprint density at radius 2 is 0.556 bits per heavy atom. The van der Waals surface area contributed by atoms with E-state index in [-0.39, 0.29) is 73.9 Å². The Bertz CT molecular complexity index is 1230. The van der Waals surface area contributed by atoms with Gasteiger partial charge in [-0.25, -0.2) is 15.0 Å². The molecular weight excluding hydrogens is 859 g/mol. The molecule has 0 aromatic carbocycles. The standard InChI is InChI=1S/C48H81N3O9S3/c1-4-7-10-13-16-19-22-31-58-43(55)28-37-61-34-25-40(52)46-49-47(41(53)26-35-62-38-29-44(56)59-32-23-20-17-14-11-8-5-2)51-48(50-46)42(54)27-36-63-39-30-45(57)60-33-24-21-18-15-12-9-6-3/h4-39H2,1-3H3. The molecule has 0 unspecified atom stereocenters. The normalized spacial score (nSPS) is 11.1. The van der Waals surface area contributed by atoms with Crippen molar-refractivity contribution in [2.24, 2.45) is 0 Å². The van der Waals surface area contributed by atoms with Crippen LogP contribution in [0.3, 0.4) is 0 Å². The number of unbranched alkanes of at least 4 members (excludes halogenated alkanes) is 18. The average molecular weight is 940 g/mol. The van der Waals surface area contributed by atoms with Crippen LogP contribution in [0.15, 0.2) is 0 Å². The van der Waals surface area contributed by atoms with Gasteiger partial charge in [-0.15, -0.1) is 0 Å². The first-order chi connectivity index (χ1) is 30.7. The molecule has 0 spiro atoms. The van der Waals surface area contributed by atoms with Crippen LogP contribution in [0.2, 0.25) is 0 Å². The zero-order valence-corrected chi connectivity index (χ0v) is 41.6. The highest BCUT2D eigenvalue weighted by molar-refractivity contribution is 7.99. The van der Waals surface area contributed by atoms with Gasteiger partial charge in [-0.1, -0.05) is 136 Å². The monoisotopic (exact) mass is 940 g/mol. The molecule has 0 bridgehead atoms. The van der Waals surface area contributed by atoms with Crippen LogP contribution in [0.25, 0.3) is 0 Å². The van der Waals surface area contributed by atoms with E-state index >= 15 is 0 Å². The predicted molar refractivity (Wildman–Crippen MR) is 259 cm³/mol. The van der Waals surface area contributed by atoms with Crippen LogP contribution >= 0.6 is 35.3 Å². The second-order valence-electron chi connectivity index (χ2n) is 15.9. The Morgan fingerprint density at radius 1 is 0.333 bits per heavy atom. The first-order valence-electron chi connectivity index (χ1n) is 24.3.